The number of unbranched alkanes of at least 4 members (excludes halogenated alkanes) is 1. The minimum Gasteiger partial charge on any atom is -0.446 e. The molecule has 0 aromatic rings. The van der Waals surface area contributed by atoms with Gasteiger partial charge >= 0.3 is 14.9 Å². The monoisotopic (exact) mass is 627 g/mol. The van der Waals surface area contributed by atoms with E-state index in [0.717, 1.165) is 32.1 Å². The van der Waals surface area contributed by atoms with Gasteiger partial charge in [-0.15, -0.1) is 0 Å². The summed E-state index contributed by atoms with van der Waals surface area (Å²) in [5, 5.41) is 6.03. The first-order valence-electron chi connectivity index (χ1n) is 16.4. The van der Waals surface area contributed by atoms with Crippen molar-refractivity contribution in [3.8, 4) is 0 Å². The molecular weight excluding hydrogens is 566 g/mol. The number of carbonyl (C=O) groups is 2. The molecule has 0 saturated heterocycles. The maximum absolute atomic E-state index is 12.8. The van der Waals surface area contributed by atoms with Gasteiger partial charge in [-0.3, -0.25) is 4.79 Å². The normalized spacial score (nSPS) is 21.0. The van der Waals surface area contributed by atoms with E-state index in [1.165, 1.54) is 0 Å². The Kier molecular flexibility index (Phi) is 17.2. The summed E-state index contributed by atoms with van der Waals surface area (Å²) < 4.78 is 23.8. The zero-order valence-electron chi connectivity index (χ0n) is 28.6. The highest BCUT2D eigenvalue weighted by Gasteiger charge is 2.42. The number of hydrogen-bond donors (Lipinski definition) is 2. The summed E-state index contributed by atoms with van der Waals surface area (Å²) in [4.78, 5) is 40.5. The number of alkyl carbamates (subject to hydrolysis) is 1. The van der Waals surface area contributed by atoms with Crippen molar-refractivity contribution in [1.82, 2.24) is 10.6 Å². The summed E-state index contributed by atoms with van der Waals surface area (Å²) in [5.74, 6) is -0.0553. The minimum absolute atomic E-state index is 0.0100. The lowest BCUT2D eigenvalue weighted by Gasteiger charge is -2.45. The Morgan fingerprint density at radius 3 is 2.19 bits per heavy atom. The number of carbonyl (C=O) groups excluding carboxylic acids is 3. The van der Waals surface area contributed by atoms with Crippen LogP contribution in [0.15, 0.2) is 4.99 Å². The fourth-order valence-electron chi connectivity index (χ4n) is 6.35. The van der Waals surface area contributed by atoms with Gasteiger partial charge in [-0.2, -0.15) is 0 Å². The van der Waals surface area contributed by atoms with Crippen LogP contribution in [0.25, 0.3) is 0 Å². The zero-order chi connectivity index (χ0) is 32.6. The first-order chi connectivity index (χ1) is 20.2. The molecule has 1 rings (SSSR count). The van der Waals surface area contributed by atoms with E-state index in [1.807, 2.05) is 20.8 Å². The number of hydrogen-bond acceptors (Lipinski definition) is 8. The van der Waals surface area contributed by atoms with Crippen LogP contribution < -0.4 is 10.6 Å². The first kappa shape index (κ1) is 39.2. The molecule has 0 aromatic heterocycles. The van der Waals surface area contributed by atoms with Gasteiger partial charge in [-0.05, 0) is 75.5 Å². The number of amides is 2. The van der Waals surface area contributed by atoms with Gasteiger partial charge in [0, 0.05) is 45.4 Å². The highest BCUT2D eigenvalue weighted by Crippen LogP contribution is 2.46. The molecule has 1 aliphatic carbocycles. The van der Waals surface area contributed by atoms with Gasteiger partial charge in [-0.1, -0.05) is 54.4 Å². The zero-order valence-corrected chi connectivity index (χ0v) is 29.6. The van der Waals surface area contributed by atoms with E-state index >= 15 is 0 Å². The van der Waals surface area contributed by atoms with E-state index in [2.05, 4.69) is 57.2 Å². The molecule has 0 radical (unpaired) electrons. The van der Waals surface area contributed by atoms with Crippen molar-refractivity contribution in [1.29, 1.82) is 0 Å². The molecule has 11 heteroatoms. The molecule has 0 bridgehead atoms. The summed E-state index contributed by atoms with van der Waals surface area (Å²) >= 11 is 0. The maximum atomic E-state index is 12.8. The molecule has 10 nitrogen and oxygen atoms in total. The molecule has 3 atom stereocenters. The summed E-state index contributed by atoms with van der Waals surface area (Å²) in [6.07, 6.45) is 7.50. The Labute approximate surface area is 262 Å². The molecule has 250 valence electrons. The average Bonchev–Trinajstić information content (AvgIpc) is 2.91. The predicted molar refractivity (Wildman–Crippen MR) is 172 cm³/mol. The van der Waals surface area contributed by atoms with Crippen LogP contribution in [0.5, 0.6) is 0 Å². The van der Waals surface area contributed by atoms with Gasteiger partial charge in [0.15, 0.2) is 0 Å². The van der Waals surface area contributed by atoms with Gasteiger partial charge < -0.3 is 28.6 Å². The fourth-order valence-corrected chi connectivity index (χ4v) is 9.34. The summed E-state index contributed by atoms with van der Waals surface area (Å²) in [6, 6.07) is 0.600. The third-order valence-corrected chi connectivity index (χ3v) is 11.2. The third-order valence-electron chi connectivity index (χ3n) is 8.13. The SMILES string of the molecule is CCCCC(CCC(=O)NCC(C)(C)CC[Si](OCC)(OCC)OCC)OC(=O)NCC1(C)CC(N=C=O)CC(C)(C)C1. The van der Waals surface area contributed by atoms with E-state index in [-0.39, 0.29) is 40.7 Å². The van der Waals surface area contributed by atoms with Gasteiger partial charge in [0.2, 0.25) is 12.0 Å². The van der Waals surface area contributed by atoms with Crippen molar-refractivity contribution in [2.75, 3.05) is 32.9 Å². The Hall–Kier alpha value is -1.78. The van der Waals surface area contributed by atoms with Crippen LogP contribution in [0.1, 0.15) is 120 Å². The second kappa shape index (κ2) is 18.9. The Morgan fingerprint density at radius 1 is 1.00 bits per heavy atom. The highest BCUT2D eigenvalue weighted by atomic mass is 28.4. The topological polar surface area (TPSA) is 125 Å². The van der Waals surface area contributed by atoms with E-state index in [9.17, 15) is 14.4 Å². The maximum Gasteiger partial charge on any atom is 0.500 e. The van der Waals surface area contributed by atoms with E-state index in [0.29, 0.717) is 58.2 Å². The standard InChI is InChI=1S/C32H61N3O7Si/c1-10-14-15-27(42-29(38)34-24-32(9)21-26(35-25-36)20-31(7,8)22-32)16-17-28(37)33-23-30(5,6)18-19-43(39-11-2,40-12-3)41-13-4/h26-27H,10-24H2,1-9H3,(H,33,37)(H,34,38). The van der Waals surface area contributed by atoms with Gasteiger partial charge in [0.25, 0.3) is 0 Å². The number of nitrogens with one attached hydrogen (secondary N) is 2. The van der Waals surface area contributed by atoms with Crippen LogP contribution in [0.4, 0.5) is 4.79 Å². The van der Waals surface area contributed by atoms with Gasteiger partial charge in [0.05, 0.1) is 6.04 Å². The molecule has 3 unspecified atom stereocenters. The quantitative estimate of drug-likeness (QED) is 0.0840. The van der Waals surface area contributed by atoms with E-state index < -0.39 is 14.9 Å². The van der Waals surface area contributed by atoms with Crippen molar-refractivity contribution in [3.05, 3.63) is 0 Å². The van der Waals surface area contributed by atoms with Gasteiger partial charge in [-0.25, -0.2) is 14.6 Å². The number of isocyanates is 1. The Bertz CT molecular complexity index is 877. The van der Waals surface area contributed by atoms with Crippen LogP contribution in [0.2, 0.25) is 6.04 Å². The molecule has 0 heterocycles. The summed E-state index contributed by atoms with van der Waals surface area (Å²) in [6.45, 7) is 21.2. The van der Waals surface area contributed by atoms with Gasteiger partial charge in [0.1, 0.15) is 6.10 Å². The van der Waals surface area contributed by atoms with Crippen LogP contribution in [0, 0.1) is 16.2 Å². The summed E-state index contributed by atoms with van der Waals surface area (Å²) in [5.41, 5.74) is -0.360. The lowest BCUT2D eigenvalue weighted by atomic mass is 9.63. The van der Waals surface area contributed by atoms with Crippen molar-refractivity contribution in [2.45, 2.75) is 138 Å². The highest BCUT2D eigenvalue weighted by molar-refractivity contribution is 6.60. The Morgan fingerprint density at radius 2 is 1.63 bits per heavy atom. The first-order valence-corrected chi connectivity index (χ1v) is 18.3. The molecule has 43 heavy (non-hydrogen) atoms. The molecule has 2 amide bonds. The largest absolute Gasteiger partial charge is 0.500 e. The molecule has 1 fully saturated rings. The smallest absolute Gasteiger partial charge is 0.446 e. The van der Waals surface area contributed by atoms with E-state index in [1.54, 1.807) is 6.08 Å². The number of rotatable bonds is 21. The molecule has 0 aromatic carbocycles. The molecule has 0 aliphatic heterocycles. The van der Waals surface area contributed by atoms with Crippen molar-refractivity contribution in [3.63, 3.8) is 0 Å². The third kappa shape index (κ3) is 15.7. The lowest BCUT2D eigenvalue weighted by Crippen LogP contribution is -2.47. The lowest BCUT2D eigenvalue weighted by molar-refractivity contribution is -0.122. The number of ether oxygens (including phenoxy) is 1. The second-order valence-electron chi connectivity index (χ2n) is 13.9. The van der Waals surface area contributed by atoms with Crippen LogP contribution >= 0.6 is 0 Å². The van der Waals surface area contributed by atoms with Crippen LogP contribution in [-0.4, -0.2) is 71.9 Å². The average molecular weight is 628 g/mol. The molecule has 1 aliphatic rings. The van der Waals surface area contributed by atoms with Crippen molar-refractivity contribution in [2.24, 2.45) is 21.2 Å². The van der Waals surface area contributed by atoms with Crippen molar-refractivity contribution < 1.29 is 32.4 Å². The molecule has 1 saturated carbocycles. The summed E-state index contributed by atoms with van der Waals surface area (Å²) in [7, 11) is -2.74. The second-order valence-corrected chi connectivity index (χ2v) is 16.7. The number of nitrogens with zero attached hydrogens (tertiary/aromatic N) is 1. The van der Waals surface area contributed by atoms with Crippen LogP contribution in [0.3, 0.4) is 0 Å². The Balaban J connectivity index is 2.62. The minimum atomic E-state index is -2.74. The van der Waals surface area contributed by atoms with Crippen LogP contribution in [-0.2, 0) is 27.6 Å². The van der Waals surface area contributed by atoms with E-state index in [4.69, 9.17) is 18.0 Å². The number of aliphatic imine (C=N–C) groups is 1. The van der Waals surface area contributed by atoms with Crippen molar-refractivity contribution >= 4 is 26.9 Å². The fraction of sp³-hybridized carbons (Fsp3) is 0.906. The molecular formula is C32H61N3O7Si. The molecule has 0 spiro atoms. The predicted octanol–water partition coefficient (Wildman–Crippen LogP) is 6.55. The molecule has 2 N–H and O–H groups in total.